The van der Waals surface area contributed by atoms with Crippen LogP contribution in [-0.4, -0.2) is 16.5 Å². The van der Waals surface area contributed by atoms with Gasteiger partial charge in [-0.25, -0.2) is 4.98 Å². The van der Waals surface area contributed by atoms with E-state index >= 15 is 0 Å². The van der Waals surface area contributed by atoms with Crippen LogP contribution in [0.3, 0.4) is 0 Å². The molecule has 0 saturated heterocycles. The van der Waals surface area contributed by atoms with Crippen molar-refractivity contribution in [2.24, 2.45) is 0 Å². The molecule has 0 radical (unpaired) electrons. The monoisotopic (exact) mass is 308 g/mol. The predicted octanol–water partition coefficient (Wildman–Crippen LogP) is -1.30. The summed E-state index contributed by atoms with van der Waals surface area (Å²) in [6, 6.07) is 0. The Morgan fingerprint density at radius 3 is 2.53 bits per heavy atom. The molecule has 0 spiro atoms. The van der Waals surface area contributed by atoms with Crippen LogP contribution in [0.25, 0.3) is 0 Å². The van der Waals surface area contributed by atoms with Crippen LogP contribution >= 0.6 is 15.9 Å². The van der Waals surface area contributed by atoms with E-state index in [9.17, 15) is 17.7 Å². The first-order valence-electron chi connectivity index (χ1n) is 3.74. The summed E-state index contributed by atoms with van der Waals surface area (Å²) in [6.07, 6.45) is -0.359. The van der Waals surface area contributed by atoms with Crippen LogP contribution in [0.4, 0.5) is 12.9 Å². The summed E-state index contributed by atoms with van der Waals surface area (Å²) in [5.74, 6) is 0. The Balaban J connectivity index is 0.00000196. The van der Waals surface area contributed by atoms with Crippen LogP contribution in [-0.2, 0) is 6.44 Å². The van der Waals surface area contributed by atoms with Crippen LogP contribution < -0.4 is 56.9 Å². The topological polar surface area (TPSA) is 34.9 Å². The zero-order valence-corrected chi connectivity index (χ0v) is 12.9. The normalized spacial score (nSPS) is 11.0. The van der Waals surface area contributed by atoms with Crippen molar-refractivity contribution in [3.8, 4) is 0 Å². The molecule has 0 saturated carbocycles. The van der Waals surface area contributed by atoms with E-state index in [0.29, 0.717) is 10.3 Å². The fraction of sp³-hybridized carbons (Fsp3) is 0.333. The molecule has 1 aromatic heterocycles. The average molecular weight is 309 g/mol. The smallest absolute Gasteiger partial charge is 0.448 e. The zero-order chi connectivity index (χ0) is 10.9. The van der Waals surface area contributed by atoms with Crippen molar-refractivity contribution < 1.29 is 64.3 Å². The first-order chi connectivity index (χ1) is 6.31. The number of hydrogen-bond acceptors (Lipinski definition) is 2. The summed E-state index contributed by atoms with van der Waals surface area (Å²) in [4.78, 5) is 14.9. The standard InChI is InChI=1S/C6H6BBrF3N2O.K/c1-4-5(8)6(14)13(3-12-4)2-7(9,10)11;/h3H,2H2,1H3;/q-1;+1. The molecule has 9 heteroatoms. The minimum atomic E-state index is -5.02. The van der Waals surface area contributed by atoms with Crippen LogP contribution in [0.15, 0.2) is 15.6 Å². The van der Waals surface area contributed by atoms with E-state index in [4.69, 9.17) is 0 Å². The Morgan fingerprint density at radius 1 is 1.53 bits per heavy atom. The fourth-order valence-electron chi connectivity index (χ4n) is 0.899. The molecule has 0 aliphatic carbocycles. The van der Waals surface area contributed by atoms with Crippen LogP contribution in [0.1, 0.15) is 5.69 Å². The third-order valence-electron chi connectivity index (χ3n) is 1.56. The second kappa shape index (κ2) is 5.97. The minimum Gasteiger partial charge on any atom is -0.448 e. The summed E-state index contributed by atoms with van der Waals surface area (Å²) in [5, 5.41) is 0. The molecule has 78 valence electrons. The van der Waals surface area contributed by atoms with Gasteiger partial charge >= 0.3 is 58.4 Å². The van der Waals surface area contributed by atoms with Gasteiger partial charge in [0.1, 0.15) is 4.47 Å². The number of rotatable bonds is 2. The quantitative estimate of drug-likeness (QED) is 0.637. The van der Waals surface area contributed by atoms with Gasteiger partial charge in [0.05, 0.1) is 12.0 Å². The molecule has 1 aromatic rings. The van der Waals surface area contributed by atoms with Crippen molar-refractivity contribution in [1.82, 2.24) is 9.55 Å². The van der Waals surface area contributed by atoms with Gasteiger partial charge in [-0.05, 0) is 29.3 Å². The molecule has 0 aliphatic rings. The maximum Gasteiger partial charge on any atom is 1.00 e. The van der Waals surface area contributed by atoms with E-state index in [2.05, 4.69) is 20.9 Å². The molecule has 0 aromatic carbocycles. The molecule has 0 atom stereocenters. The Morgan fingerprint density at radius 2 is 2.07 bits per heavy atom. The molecular weight excluding hydrogens is 303 g/mol. The molecule has 15 heavy (non-hydrogen) atoms. The number of aromatic nitrogens is 2. The van der Waals surface area contributed by atoms with Crippen molar-refractivity contribution in [2.75, 3.05) is 0 Å². The molecule has 1 heterocycles. The van der Waals surface area contributed by atoms with E-state index in [-0.39, 0.29) is 55.9 Å². The van der Waals surface area contributed by atoms with Crippen molar-refractivity contribution >= 4 is 22.9 Å². The van der Waals surface area contributed by atoms with Gasteiger partial charge in [-0.3, -0.25) is 4.79 Å². The largest absolute Gasteiger partial charge is 1.00 e. The van der Waals surface area contributed by atoms with Crippen LogP contribution in [0, 0.1) is 6.92 Å². The number of nitrogens with zero attached hydrogens (tertiary/aromatic N) is 2. The summed E-state index contributed by atoms with van der Waals surface area (Å²) in [7, 11) is 0. The van der Waals surface area contributed by atoms with Crippen molar-refractivity contribution in [1.29, 1.82) is 0 Å². The molecule has 0 N–H and O–H groups in total. The van der Waals surface area contributed by atoms with Crippen LogP contribution in [0.2, 0.25) is 0 Å². The summed E-state index contributed by atoms with van der Waals surface area (Å²) >= 11 is 2.88. The van der Waals surface area contributed by atoms with Gasteiger partial charge in [-0.2, -0.15) is 0 Å². The zero-order valence-electron chi connectivity index (χ0n) is 8.18. The molecule has 3 nitrogen and oxygen atoms in total. The first kappa shape index (κ1) is 15.9. The van der Waals surface area contributed by atoms with E-state index in [1.165, 1.54) is 6.92 Å². The van der Waals surface area contributed by atoms with Gasteiger partial charge in [0.15, 0.2) is 0 Å². The maximum atomic E-state index is 12.0. The Bertz CT molecular complexity index is 408. The average Bonchev–Trinajstić information content (AvgIpc) is 2.04. The Labute approximate surface area is 135 Å². The molecule has 0 aliphatic heterocycles. The van der Waals surface area contributed by atoms with E-state index in [0.717, 1.165) is 6.33 Å². The van der Waals surface area contributed by atoms with Gasteiger partial charge in [0.2, 0.25) is 0 Å². The van der Waals surface area contributed by atoms with Gasteiger partial charge in [0, 0.05) is 0 Å². The molecule has 0 fully saturated rings. The molecular formula is C6H6BBrF3KN2O. The van der Waals surface area contributed by atoms with Crippen molar-refractivity contribution in [3.63, 3.8) is 0 Å². The van der Waals surface area contributed by atoms with Gasteiger partial charge in [-0.15, -0.1) is 0 Å². The number of hydrogen-bond donors (Lipinski definition) is 0. The van der Waals surface area contributed by atoms with Gasteiger partial charge < -0.3 is 17.5 Å². The Kier molecular flexibility index (Phi) is 6.31. The van der Waals surface area contributed by atoms with E-state index in [1.807, 2.05) is 0 Å². The first-order valence-corrected chi connectivity index (χ1v) is 4.53. The van der Waals surface area contributed by atoms with Crippen molar-refractivity contribution in [3.05, 3.63) is 26.8 Å². The molecule has 1 rings (SSSR count). The predicted molar refractivity (Wildman–Crippen MR) is 50.0 cm³/mol. The number of halogens is 4. The SMILES string of the molecule is Cc1ncn(C[B-](F)(F)F)c(=O)c1Br.[K+]. The Hall–Kier alpha value is 0.851. The molecule has 0 amide bonds. The summed E-state index contributed by atoms with van der Waals surface area (Å²) in [5.41, 5.74) is -0.336. The maximum absolute atomic E-state index is 12.0. The molecule has 0 bridgehead atoms. The summed E-state index contributed by atoms with van der Waals surface area (Å²) in [6.45, 7) is -3.49. The van der Waals surface area contributed by atoms with Gasteiger partial charge in [0.25, 0.3) is 5.56 Å². The van der Waals surface area contributed by atoms with Crippen LogP contribution in [0.5, 0.6) is 0 Å². The third kappa shape index (κ3) is 4.70. The van der Waals surface area contributed by atoms with E-state index < -0.39 is 19.0 Å². The van der Waals surface area contributed by atoms with Gasteiger partial charge in [-0.1, -0.05) is 0 Å². The minimum absolute atomic E-state index is 0. The second-order valence-electron chi connectivity index (χ2n) is 2.81. The second-order valence-corrected chi connectivity index (χ2v) is 3.60. The number of aryl methyl sites for hydroxylation is 1. The summed E-state index contributed by atoms with van der Waals surface area (Å²) < 4.78 is 36.6. The fourth-order valence-corrected chi connectivity index (χ4v) is 1.23. The van der Waals surface area contributed by atoms with Crippen molar-refractivity contribution in [2.45, 2.75) is 13.4 Å². The third-order valence-corrected chi connectivity index (χ3v) is 2.47. The molecule has 0 unspecified atom stereocenters. The van der Waals surface area contributed by atoms with E-state index in [1.54, 1.807) is 0 Å².